The van der Waals surface area contributed by atoms with E-state index < -0.39 is 6.23 Å². The number of carbonyl (C=O) groups excluding carboxylic acids is 1. The van der Waals surface area contributed by atoms with Gasteiger partial charge in [0.25, 0.3) is 0 Å². The first-order valence-corrected chi connectivity index (χ1v) is 12.6. The molecule has 3 aromatic rings. The van der Waals surface area contributed by atoms with Crippen LogP contribution in [0.1, 0.15) is 57.4 Å². The molecule has 1 aliphatic rings. The van der Waals surface area contributed by atoms with Crippen LogP contribution in [0.3, 0.4) is 0 Å². The van der Waals surface area contributed by atoms with Crippen molar-refractivity contribution in [3.63, 3.8) is 0 Å². The molecular formula is C26H29FN4O2S. The van der Waals surface area contributed by atoms with Crippen LogP contribution in [0.15, 0.2) is 47.6 Å². The molecule has 1 amide bonds. The van der Waals surface area contributed by atoms with E-state index >= 15 is 0 Å². The first-order chi connectivity index (χ1) is 16.4. The second kappa shape index (κ2) is 10.5. The Balaban J connectivity index is 1.85. The zero-order valence-electron chi connectivity index (χ0n) is 19.9. The lowest BCUT2D eigenvalue weighted by molar-refractivity contribution is -0.120. The highest BCUT2D eigenvalue weighted by Gasteiger charge is 2.35. The number of anilines is 1. The van der Waals surface area contributed by atoms with Gasteiger partial charge >= 0.3 is 0 Å². The van der Waals surface area contributed by atoms with Crippen molar-refractivity contribution >= 4 is 23.4 Å². The van der Waals surface area contributed by atoms with Gasteiger partial charge in [0, 0.05) is 23.3 Å². The highest BCUT2D eigenvalue weighted by Crippen LogP contribution is 2.44. The summed E-state index contributed by atoms with van der Waals surface area (Å²) < 4.78 is 20.1. The number of ether oxygens (including phenoxy) is 1. The Morgan fingerprint density at radius 2 is 1.94 bits per heavy atom. The zero-order chi connectivity index (χ0) is 24.2. The molecule has 178 valence electrons. The smallest absolute Gasteiger partial charge is 0.247 e. The minimum absolute atomic E-state index is 0.0887. The van der Waals surface area contributed by atoms with E-state index in [1.807, 2.05) is 32.0 Å². The minimum Gasteiger partial charge on any atom is -0.447 e. The molecule has 1 unspecified atom stereocenters. The maximum atomic E-state index is 13.7. The summed E-state index contributed by atoms with van der Waals surface area (Å²) in [5.41, 5.74) is 3.57. The lowest BCUT2D eigenvalue weighted by Gasteiger charge is -2.31. The van der Waals surface area contributed by atoms with E-state index in [0.717, 1.165) is 23.3 Å². The molecule has 0 saturated carbocycles. The van der Waals surface area contributed by atoms with Crippen LogP contribution in [0.4, 0.5) is 10.1 Å². The van der Waals surface area contributed by atoms with Gasteiger partial charge in [0.05, 0.1) is 5.69 Å². The molecule has 2 aromatic carbocycles. The van der Waals surface area contributed by atoms with Crippen LogP contribution in [0, 0.1) is 18.7 Å². The van der Waals surface area contributed by atoms with E-state index in [9.17, 15) is 9.18 Å². The van der Waals surface area contributed by atoms with Crippen LogP contribution in [0.25, 0.3) is 11.3 Å². The molecule has 1 atom stereocenters. The van der Waals surface area contributed by atoms with Gasteiger partial charge in [-0.05, 0) is 49.9 Å². The van der Waals surface area contributed by atoms with Gasteiger partial charge in [-0.3, -0.25) is 9.69 Å². The van der Waals surface area contributed by atoms with Crippen molar-refractivity contribution in [1.82, 2.24) is 15.2 Å². The summed E-state index contributed by atoms with van der Waals surface area (Å²) in [6.45, 7) is 8.29. The van der Waals surface area contributed by atoms with Crippen molar-refractivity contribution < 1.29 is 13.9 Å². The Morgan fingerprint density at radius 3 is 2.65 bits per heavy atom. The van der Waals surface area contributed by atoms with Crippen molar-refractivity contribution in [3.05, 3.63) is 59.4 Å². The summed E-state index contributed by atoms with van der Waals surface area (Å²) in [6, 6.07) is 11.8. The maximum absolute atomic E-state index is 13.7. The predicted octanol–water partition coefficient (Wildman–Crippen LogP) is 6.35. The largest absolute Gasteiger partial charge is 0.447 e. The Labute approximate surface area is 204 Å². The van der Waals surface area contributed by atoms with Gasteiger partial charge in [0.2, 0.25) is 23.2 Å². The van der Waals surface area contributed by atoms with Crippen LogP contribution in [-0.4, -0.2) is 26.8 Å². The van der Waals surface area contributed by atoms with Crippen molar-refractivity contribution in [2.45, 2.75) is 58.3 Å². The SMILES string of the molecule is CCCC(=O)N1c2ccc(C)cc2-c2nnc(SCCC(C)C)nc2OC1c1ccc(F)cc1. The van der Waals surface area contributed by atoms with E-state index in [0.29, 0.717) is 46.7 Å². The molecule has 0 radical (unpaired) electrons. The number of carbonyl (C=O) groups is 1. The van der Waals surface area contributed by atoms with Crippen molar-refractivity contribution in [3.8, 4) is 17.1 Å². The van der Waals surface area contributed by atoms with Crippen molar-refractivity contribution in [2.75, 3.05) is 10.7 Å². The number of benzene rings is 2. The molecule has 1 aliphatic heterocycles. The third kappa shape index (κ3) is 5.22. The highest BCUT2D eigenvalue weighted by atomic mass is 32.2. The fourth-order valence-electron chi connectivity index (χ4n) is 3.77. The molecule has 0 aliphatic carbocycles. The van der Waals surface area contributed by atoms with E-state index in [2.05, 4.69) is 29.0 Å². The number of rotatable bonds is 7. The van der Waals surface area contributed by atoms with E-state index in [1.54, 1.807) is 17.0 Å². The molecule has 0 fully saturated rings. The van der Waals surface area contributed by atoms with Crippen molar-refractivity contribution in [1.29, 1.82) is 0 Å². The Kier molecular flexibility index (Phi) is 7.46. The van der Waals surface area contributed by atoms with Crippen LogP contribution < -0.4 is 9.64 Å². The highest BCUT2D eigenvalue weighted by molar-refractivity contribution is 7.99. The van der Waals surface area contributed by atoms with Crippen molar-refractivity contribution in [2.24, 2.45) is 5.92 Å². The number of thioether (sulfide) groups is 1. The summed E-state index contributed by atoms with van der Waals surface area (Å²) in [6.07, 6.45) is 1.26. The minimum atomic E-state index is -0.812. The molecule has 0 saturated heterocycles. The number of fused-ring (bicyclic) bond motifs is 3. The standard InChI is InChI=1S/C26H29FN4O2S/c1-5-6-22(32)31-21-12-7-17(4)15-20(21)23-24(28-26(30-29-23)34-14-13-16(2)3)33-25(31)18-8-10-19(27)11-9-18/h7-12,15-16,25H,5-6,13-14H2,1-4H3. The summed E-state index contributed by atoms with van der Waals surface area (Å²) in [4.78, 5) is 19.7. The third-order valence-corrected chi connectivity index (χ3v) is 6.44. The Bertz CT molecular complexity index is 1170. The number of aryl methyl sites for hydroxylation is 1. The predicted molar refractivity (Wildman–Crippen MR) is 132 cm³/mol. The number of amides is 1. The van der Waals surface area contributed by atoms with Gasteiger partial charge in [-0.25, -0.2) is 4.39 Å². The average Bonchev–Trinajstić information content (AvgIpc) is 2.93. The fraction of sp³-hybridized carbons (Fsp3) is 0.385. The van der Waals surface area contributed by atoms with E-state index in [-0.39, 0.29) is 11.7 Å². The maximum Gasteiger partial charge on any atom is 0.247 e. The molecule has 6 nitrogen and oxygen atoms in total. The molecule has 0 bridgehead atoms. The number of hydrogen-bond donors (Lipinski definition) is 0. The normalized spacial score (nSPS) is 14.9. The van der Waals surface area contributed by atoms with Gasteiger partial charge in [0.1, 0.15) is 5.82 Å². The molecule has 4 rings (SSSR count). The van der Waals surface area contributed by atoms with Gasteiger partial charge in [-0.2, -0.15) is 4.98 Å². The molecule has 0 N–H and O–H groups in total. The van der Waals surface area contributed by atoms with E-state index in [4.69, 9.17) is 4.74 Å². The van der Waals surface area contributed by atoms with Crippen LogP contribution in [0.5, 0.6) is 5.88 Å². The second-order valence-corrected chi connectivity index (χ2v) is 9.90. The monoisotopic (exact) mass is 480 g/mol. The molecule has 8 heteroatoms. The first-order valence-electron chi connectivity index (χ1n) is 11.6. The molecule has 2 heterocycles. The van der Waals surface area contributed by atoms with Gasteiger partial charge < -0.3 is 4.74 Å². The van der Waals surface area contributed by atoms with Crippen LogP contribution in [0.2, 0.25) is 0 Å². The van der Waals surface area contributed by atoms with Gasteiger partial charge in [0.15, 0.2) is 5.69 Å². The number of hydrogen-bond acceptors (Lipinski definition) is 6. The van der Waals surface area contributed by atoms with E-state index in [1.165, 1.54) is 23.9 Å². The lowest BCUT2D eigenvalue weighted by Crippen LogP contribution is -2.37. The summed E-state index contributed by atoms with van der Waals surface area (Å²) in [5, 5.41) is 9.36. The average molecular weight is 481 g/mol. The number of nitrogens with zero attached hydrogens (tertiary/aromatic N) is 4. The molecule has 0 spiro atoms. The first kappa shape index (κ1) is 24.1. The lowest BCUT2D eigenvalue weighted by atomic mass is 10.0. The van der Waals surface area contributed by atoms with Crippen LogP contribution >= 0.6 is 11.8 Å². The summed E-state index contributed by atoms with van der Waals surface area (Å²) in [5.74, 6) is 1.32. The molecular weight excluding hydrogens is 451 g/mol. The number of aromatic nitrogens is 3. The zero-order valence-corrected chi connectivity index (χ0v) is 20.7. The van der Waals surface area contributed by atoms with Crippen LogP contribution in [-0.2, 0) is 4.79 Å². The Hall–Kier alpha value is -3.00. The third-order valence-electron chi connectivity index (χ3n) is 5.57. The molecule has 34 heavy (non-hydrogen) atoms. The fourth-order valence-corrected chi connectivity index (χ4v) is 4.79. The van der Waals surface area contributed by atoms with Gasteiger partial charge in [-0.1, -0.05) is 56.3 Å². The Morgan fingerprint density at radius 1 is 1.18 bits per heavy atom. The number of halogens is 1. The summed E-state index contributed by atoms with van der Waals surface area (Å²) in [7, 11) is 0. The van der Waals surface area contributed by atoms with Gasteiger partial charge in [-0.15, -0.1) is 10.2 Å². The topological polar surface area (TPSA) is 68.2 Å². The summed E-state index contributed by atoms with van der Waals surface area (Å²) >= 11 is 1.53. The quantitative estimate of drug-likeness (QED) is 0.367. The second-order valence-electron chi connectivity index (χ2n) is 8.84. The molecule has 1 aromatic heterocycles.